The van der Waals surface area contributed by atoms with E-state index in [4.69, 9.17) is 16.3 Å². The van der Waals surface area contributed by atoms with E-state index in [1.54, 1.807) is 12.4 Å². The van der Waals surface area contributed by atoms with E-state index in [0.717, 1.165) is 37.0 Å². The summed E-state index contributed by atoms with van der Waals surface area (Å²) in [5.74, 6) is 1.48. The predicted octanol–water partition coefficient (Wildman–Crippen LogP) is 3.86. The standard InChI is InChI=1S/C17H22ClN3O2/c1-17(2,16(22)23-3)12-6-4-5-11(9-12)15-20-10-13-14(18)19-7-8-21(13)15/h7-8,10-12H,4-6,9H2,1-3H3. The Kier molecular flexibility index (Phi) is 4.32. The molecule has 0 bridgehead atoms. The topological polar surface area (TPSA) is 56.5 Å². The van der Waals surface area contributed by atoms with E-state index < -0.39 is 5.41 Å². The Bertz CT molecular complexity index is 726. The van der Waals surface area contributed by atoms with Gasteiger partial charge in [0.2, 0.25) is 0 Å². The SMILES string of the molecule is COC(=O)C(C)(C)C1CCCC(c2ncc3c(Cl)nccn23)C1. The first-order chi connectivity index (χ1) is 10.9. The molecule has 0 aromatic carbocycles. The maximum absolute atomic E-state index is 12.1. The number of imidazole rings is 1. The van der Waals surface area contributed by atoms with E-state index in [1.807, 2.05) is 24.4 Å². The molecule has 2 heterocycles. The molecule has 1 fully saturated rings. The van der Waals surface area contributed by atoms with Gasteiger partial charge in [0.15, 0.2) is 5.15 Å². The number of carbonyl (C=O) groups is 1. The first kappa shape index (κ1) is 16.2. The molecule has 1 saturated carbocycles. The number of fused-ring (bicyclic) bond motifs is 1. The van der Waals surface area contributed by atoms with Crippen molar-refractivity contribution in [1.82, 2.24) is 14.4 Å². The van der Waals surface area contributed by atoms with Crippen molar-refractivity contribution in [3.05, 3.63) is 29.6 Å². The molecule has 5 nitrogen and oxygen atoms in total. The smallest absolute Gasteiger partial charge is 0.311 e. The summed E-state index contributed by atoms with van der Waals surface area (Å²) in [6.45, 7) is 3.96. The highest BCUT2D eigenvalue weighted by Gasteiger charge is 2.41. The van der Waals surface area contributed by atoms with Crippen molar-refractivity contribution in [1.29, 1.82) is 0 Å². The van der Waals surface area contributed by atoms with Crippen LogP contribution in [0.4, 0.5) is 0 Å². The van der Waals surface area contributed by atoms with Crippen molar-refractivity contribution in [2.45, 2.75) is 45.4 Å². The molecule has 23 heavy (non-hydrogen) atoms. The zero-order chi connectivity index (χ0) is 16.6. The minimum Gasteiger partial charge on any atom is -0.469 e. The van der Waals surface area contributed by atoms with E-state index in [2.05, 4.69) is 9.97 Å². The Labute approximate surface area is 141 Å². The first-order valence-corrected chi connectivity index (χ1v) is 8.38. The van der Waals surface area contributed by atoms with Gasteiger partial charge < -0.3 is 4.74 Å². The predicted molar refractivity (Wildman–Crippen MR) is 88.5 cm³/mol. The fourth-order valence-electron chi connectivity index (χ4n) is 3.73. The molecule has 6 heteroatoms. The third-order valence-corrected chi connectivity index (χ3v) is 5.50. The van der Waals surface area contributed by atoms with Crippen LogP contribution >= 0.6 is 11.6 Å². The maximum Gasteiger partial charge on any atom is 0.311 e. The molecular formula is C17H22ClN3O2. The third-order valence-electron chi connectivity index (χ3n) is 5.21. The number of esters is 1. The summed E-state index contributed by atoms with van der Waals surface area (Å²) in [5, 5.41) is 0.466. The third kappa shape index (κ3) is 2.82. The summed E-state index contributed by atoms with van der Waals surface area (Å²) in [6, 6.07) is 0. The van der Waals surface area contributed by atoms with Crippen molar-refractivity contribution >= 4 is 23.1 Å². The van der Waals surface area contributed by atoms with E-state index in [-0.39, 0.29) is 5.97 Å². The lowest BCUT2D eigenvalue weighted by Gasteiger charge is -2.37. The summed E-state index contributed by atoms with van der Waals surface area (Å²) in [6.07, 6.45) is 9.51. The second-order valence-electron chi connectivity index (χ2n) is 6.86. The van der Waals surface area contributed by atoms with Crippen LogP contribution in [-0.4, -0.2) is 27.4 Å². The van der Waals surface area contributed by atoms with E-state index in [0.29, 0.717) is 17.0 Å². The Morgan fingerprint density at radius 3 is 2.91 bits per heavy atom. The van der Waals surface area contributed by atoms with Crippen LogP contribution in [0.15, 0.2) is 18.6 Å². The molecule has 3 rings (SSSR count). The summed E-state index contributed by atoms with van der Waals surface area (Å²) in [5.41, 5.74) is 0.359. The van der Waals surface area contributed by atoms with Crippen LogP contribution in [0.5, 0.6) is 0 Å². The second-order valence-corrected chi connectivity index (χ2v) is 7.22. The molecule has 0 aliphatic heterocycles. The highest BCUT2D eigenvalue weighted by atomic mass is 35.5. The van der Waals surface area contributed by atoms with Crippen LogP contribution in [0.25, 0.3) is 5.52 Å². The van der Waals surface area contributed by atoms with Crippen LogP contribution in [-0.2, 0) is 9.53 Å². The summed E-state index contributed by atoms with van der Waals surface area (Å²) < 4.78 is 7.02. The monoisotopic (exact) mass is 335 g/mol. The summed E-state index contributed by atoms with van der Waals surface area (Å²) in [4.78, 5) is 20.8. The number of hydrogen-bond donors (Lipinski definition) is 0. The van der Waals surface area contributed by atoms with Gasteiger partial charge in [-0.05, 0) is 39.0 Å². The van der Waals surface area contributed by atoms with Crippen molar-refractivity contribution in [2.24, 2.45) is 11.3 Å². The zero-order valence-electron chi connectivity index (χ0n) is 13.8. The average Bonchev–Trinajstić information content (AvgIpc) is 2.99. The Balaban J connectivity index is 1.89. The van der Waals surface area contributed by atoms with Crippen LogP contribution in [0, 0.1) is 11.3 Å². The zero-order valence-corrected chi connectivity index (χ0v) is 14.5. The maximum atomic E-state index is 12.1. The van der Waals surface area contributed by atoms with Gasteiger partial charge in [0, 0.05) is 18.3 Å². The van der Waals surface area contributed by atoms with Crippen molar-refractivity contribution in [3.63, 3.8) is 0 Å². The van der Waals surface area contributed by atoms with Gasteiger partial charge in [-0.1, -0.05) is 18.0 Å². The molecule has 2 aromatic rings. The molecule has 2 atom stereocenters. The lowest BCUT2D eigenvalue weighted by Crippen LogP contribution is -2.36. The van der Waals surface area contributed by atoms with Gasteiger partial charge in [-0.15, -0.1) is 0 Å². The van der Waals surface area contributed by atoms with Crippen molar-refractivity contribution in [2.75, 3.05) is 7.11 Å². The number of hydrogen-bond acceptors (Lipinski definition) is 4. The molecule has 1 aliphatic rings. The average molecular weight is 336 g/mol. The van der Waals surface area contributed by atoms with Gasteiger partial charge in [0.1, 0.15) is 11.3 Å². The fourth-order valence-corrected chi connectivity index (χ4v) is 3.92. The van der Waals surface area contributed by atoms with Crippen molar-refractivity contribution < 1.29 is 9.53 Å². The number of nitrogens with zero attached hydrogens (tertiary/aromatic N) is 3. The number of carbonyl (C=O) groups excluding carboxylic acids is 1. The molecule has 0 saturated heterocycles. The van der Waals surface area contributed by atoms with E-state index >= 15 is 0 Å². The first-order valence-electron chi connectivity index (χ1n) is 8.01. The normalized spacial score (nSPS) is 22.3. The largest absolute Gasteiger partial charge is 0.469 e. The highest BCUT2D eigenvalue weighted by Crippen LogP contribution is 2.44. The van der Waals surface area contributed by atoms with E-state index in [9.17, 15) is 4.79 Å². The van der Waals surface area contributed by atoms with Gasteiger partial charge >= 0.3 is 5.97 Å². The molecule has 124 valence electrons. The van der Waals surface area contributed by atoms with Crippen LogP contribution < -0.4 is 0 Å². The molecule has 1 aliphatic carbocycles. The van der Waals surface area contributed by atoms with Crippen LogP contribution in [0.2, 0.25) is 5.15 Å². The fraction of sp³-hybridized carbons (Fsp3) is 0.588. The molecule has 0 spiro atoms. The molecular weight excluding hydrogens is 314 g/mol. The van der Waals surface area contributed by atoms with E-state index in [1.165, 1.54) is 7.11 Å². The van der Waals surface area contributed by atoms with Gasteiger partial charge in [-0.2, -0.15) is 0 Å². The molecule has 2 unspecified atom stereocenters. The number of aromatic nitrogens is 3. The molecule has 0 amide bonds. The van der Waals surface area contributed by atoms with Crippen molar-refractivity contribution in [3.8, 4) is 0 Å². The Morgan fingerprint density at radius 1 is 1.39 bits per heavy atom. The lowest BCUT2D eigenvalue weighted by molar-refractivity contribution is -0.154. The molecule has 0 radical (unpaired) electrons. The number of halogens is 1. The van der Waals surface area contributed by atoms with Crippen LogP contribution in [0.3, 0.4) is 0 Å². The van der Waals surface area contributed by atoms with Crippen LogP contribution in [0.1, 0.15) is 51.3 Å². The highest BCUT2D eigenvalue weighted by molar-refractivity contribution is 6.32. The molecule has 0 N–H and O–H groups in total. The van der Waals surface area contributed by atoms with Gasteiger partial charge in [-0.25, -0.2) is 9.97 Å². The Morgan fingerprint density at radius 2 is 2.17 bits per heavy atom. The summed E-state index contributed by atoms with van der Waals surface area (Å²) >= 11 is 6.14. The minimum atomic E-state index is -0.473. The number of rotatable bonds is 3. The van der Waals surface area contributed by atoms with Gasteiger partial charge in [0.25, 0.3) is 0 Å². The van der Waals surface area contributed by atoms with Gasteiger partial charge in [0.05, 0.1) is 18.7 Å². The quantitative estimate of drug-likeness (QED) is 0.799. The Hall–Kier alpha value is -1.62. The lowest BCUT2D eigenvalue weighted by atomic mass is 9.68. The second kappa shape index (κ2) is 6.11. The molecule has 2 aromatic heterocycles. The number of ether oxygens (including phenoxy) is 1. The van der Waals surface area contributed by atoms with Gasteiger partial charge in [-0.3, -0.25) is 9.20 Å². The summed E-state index contributed by atoms with van der Waals surface area (Å²) in [7, 11) is 1.46. The number of methoxy groups -OCH3 is 1. The minimum absolute atomic E-state index is 0.136.